The van der Waals surface area contributed by atoms with Crippen molar-refractivity contribution in [3.05, 3.63) is 51.3 Å². The third-order valence-corrected chi connectivity index (χ3v) is 3.82. The minimum atomic E-state index is -0.232. The Hall–Kier alpha value is -1.14. The van der Waals surface area contributed by atoms with Crippen molar-refractivity contribution < 1.29 is 9.13 Å². The van der Waals surface area contributed by atoms with Crippen molar-refractivity contribution in [2.45, 2.75) is 6.54 Å². The molecule has 0 radical (unpaired) electrons. The smallest absolute Gasteiger partial charge is 0.137 e. The minimum absolute atomic E-state index is 0.232. The van der Waals surface area contributed by atoms with E-state index in [2.05, 4.69) is 0 Å². The summed E-state index contributed by atoms with van der Waals surface area (Å²) in [5.74, 6) is 0.550. The minimum Gasteiger partial charge on any atom is -0.497 e. The molecule has 0 spiro atoms. The lowest BCUT2D eigenvalue weighted by Gasteiger charge is -2.09. The van der Waals surface area contributed by atoms with E-state index in [4.69, 9.17) is 10.5 Å². The first-order chi connectivity index (χ1) is 8.65. The highest BCUT2D eigenvalue weighted by molar-refractivity contribution is 14.1. The Bertz CT molecular complexity index is 554. The molecule has 2 aromatic rings. The van der Waals surface area contributed by atoms with E-state index in [-0.39, 0.29) is 5.82 Å². The van der Waals surface area contributed by atoms with Crippen LogP contribution >= 0.6 is 22.6 Å². The molecule has 2 aromatic carbocycles. The van der Waals surface area contributed by atoms with Crippen molar-refractivity contribution in [1.82, 2.24) is 0 Å². The Morgan fingerprint density at radius 2 is 1.89 bits per heavy atom. The SMILES string of the molecule is COc1ccc(-c2cc(CN)cc(F)c2I)cc1. The van der Waals surface area contributed by atoms with Gasteiger partial charge in [0, 0.05) is 6.54 Å². The first-order valence-electron chi connectivity index (χ1n) is 5.48. The fraction of sp³-hybridized carbons (Fsp3) is 0.143. The normalized spacial score (nSPS) is 10.4. The van der Waals surface area contributed by atoms with E-state index in [1.807, 2.05) is 52.9 Å². The molecule has 0 amide bonds. The molecular formula is C14H13FINO. The lowest BCUT2D eigenvalue weighted by Crippen LogP contribution is -1.99. The van der Waals surface area contributed by atoms with Gasteiger partial charge < -0.3 is 10.5 Å². The molecule has 0 bridgehead atoms. The molecule has 4 heteroatoms. The maximum atomic E-state index is 13.8. The van der Waals surface area contributed by atoms with Gasteiger partial charge in [-0.2, -0.15) is 0 Å². The molecule has 0 aliphatic rings. The average molecular weight is 357 g/mol. The Labute approximate surface area is 119 Å². The van der Waals surface area contributed by atoms with Crippen LogP contribution in [0.4, 0.5) is 4.39 Å². The quantitative estimate of drug-likeness (QED) is 0.853. The summed E-state index contributed by atoms with van der Waals surface area (Å²) in [6.45, 7) is 0.330. The van der Waals surface area contributed by atoms with Crippen LogP contribution in [0.1, 0.15) is 5.56 Å². The molecule has 0 aromatic heterocycles. The molecule has 0 aliphatic carbocycles. The summed E-state index contributed by atoms with van der Waals surface area (Å²) >= 11 is 2.01. The number of hydrogen-bond donors (Lipinski definition) is 1. The summed E-state index contributed by atoms with van der Waals surface area (Å²) in [6, 6.07) is 10.9. The van der Waals surface area contributed by atoms with E-state index in [9.17, 15) is 4.39 Å². The molecule has 18 heavy (non-hydrogen) atoms. The predicted octanol–water partition coefficient (Wildman–Crippen LogP) is 3.56. The van der Waals surface area contributed by atoms with Crippen LogP contribution in [0, 0.1) is 9.39 Å². The van der Waals surface area contributed by atoms with Crippen LogP contribution in [-0.2, 0) is 6.54 Å². The summed E-state index contributed by atoms with van der Waals surface area (Å²) in [6.07, 6.45) is 0. The number of methoxy groups -OCH3 is 1. The number of benzene rings is 2. The molecule has 94 valence electrons. The third-order valence-electron chi connectivity index (χ3n) is 2.72. The molecule has 0 unspecified atom stereocenters. The summed E-state index contributed by atoms with van der Waals surface area (Å²) in [5, 5.41) is 0. The first-order valence-corrected chi connectivity index (χ1v) is 6.56. The van der Waals surface area contributed by atoms with Gasteiger partial charge in [0.2, 0.25) is 0 Å². The lowest BCUT2D eigenvalue weighted by atomic mass is 10.0. The second-order valence-electron chi connectivity index (χ2n) is 3.87. The highest BCUT2D eigenvalue weighted by atomic mass is 127. The number of ether oxygens (including phenoxy) is 1. The van der Waals surface area contributed by atoms with Gasteiger partial charge in [-0.05, 0) is 63.5 Å². The second-order valence-corrected chi connectivity index (χ2v) is 4.95. The first kappa shape index (κ1) is 13.3. The molecule has 2 nitrogen and oxygen atoms in total. The van der Waals surface area contributed by atoms with Gasteiger partial charge in [-0.3, -0.25) is 0 Å². The largest absolute Gasteiger partial charge is 0.497 e. The zero-order valence-corrected chi connectivity index (χ0v) is 12.1. The number of rotatable bonds is 3. The van der Waals surface area contributed by atoms with Crippen molar-refractivity contribution in [2.24, 2.45) is 5.73 Å². The van der Waals surface area contributed by atoms with Crippen LogP contribution in [0.3, 0.4) is 0 Å². The maximum Gasteiger partial charge on any atom is 0.137 e. The Morgan fingerprint density at radius 3 is 2.44 bits per heavy atom. The van der Waals surface area contributed by atoms with Gasteiger partial charge in [0.15, 0.2) is 0 Å². The summed E-state index contributed by atoms with van der Waals surface area (Å²) in [5.41, 5.74) is 8.18. The van der Waals surface area contributed by atoms with E-state index in [0.717, 1.165) is 22.4 Å². The Kier molecular flexibility index (Phi) is 4.19. The van der Waals surface area contributed by atoms with Gasteiger partial charge >= 0.3 is 0 Å². The summed E-state index contributed by atoms with van der Waals surface area (Å²) in [7, 11) is 1.62. The van der Waals surface area contributed by atoms with Crippen molar-refractivity contribution in [2.75, 3.05) is 7.11 Å². The van der Waals surface area contributed by atoms with Gasteiger partial charge in [0.1, 0.15) is 11.6 Å². The highest BCUT2D eigenvalue weighted by Crippen LogP contribution is 2.29. The molecular weight excluding hydrogens is 344 g/mol. The van der Waals surface area contributed by atoms with Crippen molar-refractivity contribution >= 4 is 22.6 Å². The number of nitrogens with two attached hydrogens (primary N) is 1. The molecule has 0 atom stereocenters. The van der Waals surface area contributed by atoms with E-state index in [1.165, 1.54) is 6.07 Å². The molecule has 2 rings (SSSR count). The van der Waals surface area contributed by atoms with Crippen LogP contribution in [0.25, 0.3) is 11.1 Å². The van der Waals surface area contributed by atoms with Crippen LogP contribution in [0.5, 0.6) is 5.75 Å². The van der Waals surface area contributed by atoms with Crippen LogP contribution in [-0.4, -0.2) is 7.11 Å². The van der Waals surface area contributed by atoms with Gasteiger partial charge in [-0.15, -0.1) is 0 Å². The molecule has 0 aliphatic heterocycles. The van der Waals surface area contributed by atoms with Gasteiger partial charge in [-0.1, -0.05) is 12.1 Å². The number of hydrogen-bond acceptors (Lipinski definition) is 2. The van der Waals surface area contributed by atoms with Crippen molar-refractivity contribution in [1.29, 1.82) is 0 Å². The van der Waals surface area contributed by atoms with Gasteiger partial charge in [-0.25, -0.2) is 4.39 Å². The predicted molar refractivity (Wildman–Crippen MR) is 79.0 cm³/mol. The highest BCUT2D eigenvalue weighted by Gasteiger charge is 2.10. The van der Waals surface area contributed by atoms with Crippen LogP contribution < -0.4 is 10.5 Å². The fourth-order valence-electron chi connectivity index (χ4n) is 1.74. The second kappa shape index (κ2) is 5.67. The van der Waals surface area contributed by atoms with E-state index >= 15 is 0 Å². The summed E-state index contributed by atoms with van der Waals surface area (Å²) in [4.78, 5) is 0. The molecule has 0 saturated carbocycles. The van der Waals surface area contributed by atoms with E-state index in [0.29, 0.717) is 10.1 Å². The Balaban J connectivity index is 2.51. The van der Waals surface area contributed by atoms with Gasteiger partial charge in [0.25, 0.3) is 0 Å². The Morgan fingerprint density at radius 1 is 1.22 bits per heavy atom. The number of halogens is 2. The lowest BCUT2D eigenvalue weighted by molar-refractivity contribution is 0.415. The fourth-order valence-corrected chi connectivity index (χ4v) is 2.37. The van der Waals surface area contributed by atoms with Gasteiger partial charge in [0.05, 0.1) is 10.7 Å². The maximum absolute atomic E-state index is 13.8. The van der Waals surface area contributed by atoms with Crippen molar-refractivity contribution in [3.8, 4) is 16.9 Å². The van der Waals surface area contributed by atoms with Crippen LogP contribution in [0.15, 0.2) is 36.4 Å². The zero-order valence-electron chi connectivity index (χ0n) is 9.91. The van der Waals surface area contributed by atoms with Crippen molar-refractivity contribution in [3.63, 3.8) is 0 Å². The monoisotopic (exact) mass is 357 g/mol. The van der Waals surface area contributed by atoms with Crippen LogP contribution in [0.2, 0.25) is 0 Å². The topological polar surface area (TPSA) is 35.2 Å². The average Bonchev–Trinajstić information content (AvgIpc) is 2.42. The molecule has 0 saturated heterocycles. The molecule has 0 heterocycles. The van der Waals surface area contributed by atoms with E-state index < -0.39 is 0 Å². The van der Waals surface area contributed by atoms with E-state index in [1.54, 1.807) is 7.11 Å². The standard InChI is InChI=1S/C14H13FINO/c1-18-11-4-2-10(3-5-11)12-6-9(8-17)7-13(15)14(12)16/h2-7H,8,17H2,1H3. The molecule has 0 fully saturated rings. The third kappa shape index (κ3) is 2.64. The molecule has 2 N–H and O–H groups in total. The zero-order chi connectivity index (χ0) is 13.1. The summed E-state index contributed by atoms with van der Waals surface area (Å²) < 4.78 is 19.5.